The summed E-state index contributed by atoms with van der Waals surface area (Å²) in [5.41, 5.74) is 5.87. The smallest absolute Gasteiger partial charge is 0.169 e. The fraction of sp³-hybridized carbons (Fsp3) is 0.636. The van der Waals surface area contributed by atoms with Crippen LogP contribution in [0, 0.1) is 0 Å². The first kappa shape index (κ1) is 12.5. The molecular weight excluding hydrogens is 288 g/mol. The first-order chi connectivity index (χ1) is 7.70. The molecule has 5 heteroatoms. The number of hydrogen-bond acceptors (Lipinski definition) is 4. The molecule has 2 rings (SSSR count). The quantitative estimate of drug-likeness (QED) is 0.931. The lowest BCUT2D eigenvalue weighted by molar-refractivity contribution is 0.186. The molecule has 0 radical (unpaired) electrons. The second kappa shape index (κ2) is 5.58. The van der Waals surface area contributed by atoms with Crippen LogP contribution in [0.2, 0.25) is 0 Å². The van der Waals surface area contributed by atoms with E-state index < -0.39 is 0 Å². The summed E-state index contributed by atoms with van der Waals surface area (Å²) in [6.07, 6.45) is 0. The van der Waals surface area contributed by atoms with Crippen molar-refractivity contribution in [3.8, 4) is 0 Å². The highest BCUT2D eigenvalue weighted by molar-refractivity contribution is 9.10. The van der Waals surface area contributed by atoms with E-state index in [4.69, 9.17) is 10.2 Å². The maximum atomic E-state index is 5.87. The van der Waals surface area contributed by atoms with Crippen LogP contribution in [0.5, 0.6) is 0 Å². The third-order valence-corrected chi connectivity index (χ3v) is 4.42. The molecule has 1 saturated heterocycles. The zero-order valence-corrected chi connectivity index (χ0v) is 11.8. The Morgan fingerprint density at radius 3 is 3.06 bits per heavy atom. The van der Waals surface area contributed by atoms with Gasteiger partial charge in [-0.2, -0.15) is 11.8 Å². The minimum absolute atomic E-state index is 0.217. The number of rotatable bonds is 3. The topological polar surface area (TPSA) is 42.4 Å². The molecule has 0 aliphatic carbocycles. The van der Waals surface area contributed by atoms with Crippen molar-refractivity contribution in [2.75, 3.05) is 25.4 Å². The molecule has 16 heavy (non-hydrogen) atoms. The van der Waals surface area contributed by atoms with Crippen LogP contribution in [-0.4, -0.2) is 35.5 Å². The lowest BCUT2D eigenvalue weighted by atomic mass is 10.2. The summed E-state index contributed by atoms with van der Waals surface area (Å²) in [6.45, 7) is 5.06. The summed E-state index contributed by atoms with van der Waals surface area (Å²) < 4.78 is 6.39. The van der Waals surface area contributed by atoms with Gasteiger partial charge >= 0.3 is 0 Å². The van der Waals surface area contributed by atoms with Gasteiger partial charge in [0.25, 0.3) is 0 Å². The minimum Gasteiger partial charge on any atom is -0.453 e. The first-order valence-corrected chi connectivity index (χ1v) is 7.36. The normalized spacial score (nSPS) is 24.6. The lowest BCUT2D eigenvalue weighted by Gasteiger charge is -2.35. The van der Waals surface area contributed by atoms with Gasteiger partial charge in [0.1, 0.15) is 5.76 Å². The van der Waals surface area contributed by atoms with Crippen molar-refractivity contribution in [1.29, 1.82) is 0 Å². The summed E-state index contributed by atoms with van der Waals surface area (Å²) in [7, 11) is 0. The predicted molar refractivity (Wildman–Crippen MR) is 71.7 cm³/mol. The maximum Gasteiger partial charge on any atom is 0.169 e. The van der Waals surface area contributed by atoms with Crippen LogP contribution in [0.3, 0.4) is 0 Å². The van der Waals surface area contributed by atoms with E-state index in [1.54, 1.807) is 0 Å². The molecule has 90 valence electrons. The van der Waals surface area contributed by atoms with Crippen LogP contribution < -0.4 is 5.73 Å². The third-order valence-electron chi connectivity index (χ3n) is 2.86. The first-order valence-electron chi connectivity index (χ1n) is 5.51. The van der Waals surface area contributed by atoms with Gasteiger partial charge in [-0.25, -0.2) is 0 Å². The molecule has 0 spiro atoms. The SMILES string of the molecule is CC1CN(C(CN)c2ccc(Br)o2)CCS1. The van der Waals surface area contributed by atoms with Gasteiger partial charge in [0, 0.05) is 30.6 Å². The van der Waals surface area contributed by atoms with Gasteiger partial charge in [-0.3, -0.25) is 4.90 Å². The second-order valence-corrected chi connectivity index (χ2v) is 6.40. The van der Waals surface area contributed by atoms with Crippen LogP contribution in [0.25, 0.3) is 0 Å². The van der Waals surface area contributed by atoms with E-state index >= 15 is 0 Å². The highest BCUT2D eigenvalue weighted by atomic mass is 79.9. The van der Waals surface area contributed by atoms with Crippen LogP contribution in [0.15, 0.2) is 21.2 Å². The lowest BCUT2D eigenvalue weighted by Crippen LogP contribution is -2.41. The van der Waals surface area contributed by atoms with E-state index in [1.807, 2.05) is 23.9 Å². The van der Waals surface area contributed by atoms with Gasteiger partial charge in [0.2, 0.25) is 0 Å². The molecule has 1 aromatic heterocycles. The van der Waals surface area contributed by atoms with Gasteiger partial charge < -0.3 is 10.2 Å². The Kier molecular flexibility index (Phi) is 4.35. The van der Waals surface area contributed by atoms with Crippen molar-refractivity contribution in [1.82, 2.24) is 4.90 Å². The Labute approximate surface area is 109 Å². The molecule has 2 atom stereocenters. The molecule has 1 fully saturated rings. The highest BCUT2D eigenvalue weighted by Gasteiger charge is 2.26. The summed E-state index contributed by atoms with van der Waals surface area (Å²) in [6, 6.07) is 4.16. The number of furan rings is 1. The Hall–Kier alpha value is 0.0300. The fourth-order valence-electron chi connectivity index (χ4n) is 2.08. The number of nitrogens with zero attached hydrogens (tertiary/aromatic N) is 1. The summed E-state index contributed by atoms with van der Waals surface area (Å²) in [5.74, 6) is 2.15. The van der Waals surface area contributed by atoms with Crippen molar-refractivity contribution in [2.24, 2.45) is 5.73 Å². The van der Waals surface area contributed by atoms with Crippen molar-refractivity contribution in [3.05, 3.63) is 22.6 Å². The second-order valence-electron chi connectivity index (χ2n) is 4.07. The van der Waals surface area contributed by atoms with E-state index in [2.05, 4.69) is 27.8 Å². The molecule has 2 N–H and O–H groups in total. The monoisotopic (exact) mass is 304 g/mol. The summed E-state index contributed by atoms with van der Waals surface area (Å²) in [5, 5.41) is 0.682. The van der Waals surface area contributed by atoms with Gasteiger partial charge in [0.05, 0.1) is 6.04 Å². The van der Waals surface area contributed by atoms with E-state index in [-0.39, 0.29) is 6.04 Å². The van der Waals surface area contributed by atoms with Crippen LogP contribution >= 0.6 is 27.7 Å². The molecule has 0 bridgehead atoms. The van der Waals surface area contributed by atoms with Crippen molar-refractivity contribution < 1.29 is 4.42 Å². The Balaban J connectivity index is 2.09. The largest absolute Gasteiger partial charge is 0.453 e. The molecule has 0 aromatic carbocycles. The van der Waals surface area contributed by atoms with E-state index in [9.17, 15) is 0 Å². The Morgan fingerprint density at radius 1 is 1.69 bits per heavy atom. The number of nitrogens with two attached hydrogens (primary N) is 1. The summed E-state index contributed by atoms with van der Waals surface area (Å²) >= 11 is 5.36. The standard InChI is InChI=1S/C11H17BrN2OS/c1-8-7-14(4-5-16-8)9(6-13)10-2-3-11(12)15-10/h2-3,8-9H,4-7,13H2,1H3. The molecule has 3 nitrogen and oxygen atoms in total. The molecule has 0 saturated carbocycles. The zero-order valence-electron chi connectivity index (χ0n) is 9.36. The Bertz CT molecular complexity index is 344. The Morgan fingerprint density at radius 2 is 2.50 bits per heavy atom. The molecule has 2 unspecified atom stereocenters. The van der Waals surface area contributed by atoms with Gasteiger partial charge in [-0.1, -0.05) is 6.92 Å². The van der Waals surface area contributed by atoms with E-state index in [0.29, 0.717) is 11.8 Å². The molecule has 0 amide bonds. The van der Waals surface area contributed by atoms with Gasteiger partial charge in [-0.05, 0) is 28.1 Å². The average Bonchev–Trinajstić information content (AvgIpc) is 2.66. The third kappa shape index (κ3) is 2.83. The number of halogens is 1. The van der Waals surface area contributed by atoms with Crippen LogP contribution in [-0.2, 0) is 0 Å². The van der Waals surface area contributed by atoms with E-state index in [1.165, 1.54) is 5.75 Å². The van der Waals surface area contributed by atoms with Crippen LogP contribution in [0.1, 0.15) is 18.7 Å². The van der Waals surface area contributed by atoms with E-state index in [0.717, 1.165) is 23.5 Å². The number of hydrogen-bond donors (Lipinski definition) is 1. The highest BCUT2D eigenvalue weighted by Crippen LogP contribution is 2.28. The van der Waals surface area contributed by atoms with Crippen molar-refractivity contribution in [3.63, 3.8) is 0 Å². The average molecular weight is 305 g/mol. The van der Waals surface area contributed by atoms with Crippen molar-refractivity contribution in [2.45, 2.75) is 18.2 Å². The van der Waals surface area contributed by atoms with Gasteiger partial charge in [0.15, 0.2) is 4.67 Å². The van der Waals surface area contributed by atoms with Crippen molar-refractivity contribution >= 4 is 27.7 Å². The van der Waals surface area contributed by atoms with Gasteiger partial charge in [-0.15, -0.1) is 0 Å². The number of thioether (sulfide) groups is 1. The molecule has 1 aromatic rings. The minimum atomic E-state index is 0.217. The zero-order chi connectivity index (χ0) is 11.5. The summed E-state index contributed by atoms with van der Waals surface area (Å²) in [4.78, 5) is 2.42. The fourth-order valence-corrected chi connectivity index (χ4v) is 3.44. The maximum absolute atomic E-state index is 5.87. The molecular formula is C11H17BrN2OS. The van der Waals surface area contributed by atoms with Crippen LogP contribution in [0.4, 0.5) is 0 Å². The molecule has 2 heterocycles. The predicted octanol–water partition coefficient (Wildman–Crippen LogP) is 2.48. The molecule has 1 aliphatic heterocycles. The molecule has 1 aliphatic rings.